The van der Waals surface area contributed by atoms with E-state index in [-0.39, 0.29) is 24.3 Å². The largest absolute Gasteiger partial charge is 0.497 e. The van der Waals surface area contributed by atoms with Crippen molar-refractivity contribution in [2.75, 3.05) is 26.5 Å². The minimum atomic E-state index is -1.08. The van der Waals surface area contributed by atoms with Gasteiger partial charge in [0.2, 0.25) is 11.8 Å². The minimum Gasteiger partial charge on any atom is -0.497 e. The molecule has 0 spiro atoms. The van der Waals surface area contributed by atoms with E-state index in [0.717, 1.165) is 39.2 Å². The molecule has 0 aliphatic carbocycles. The van der Waals surface area contributed by atoms with Crippen LogP contribution in [0.25, 0.3) is 22.5 Å². The molecule has 0 radical (unpaired) electrons. The van der Waals surface area contributed by atoms with Crippen LogP contribution in [0.15, 0.2) is 53.7 Å². The second-order valence-electron chi connectivity index (χ2n) is 10.2. The third-order valence-corrected chi connectivity index (χ3v) is 7.45. The number of carbonyl (C=O) groups is 3. The number of imidazole rings is 1. The number of carboxylic acid groups (broad SMARTS) is 1. The Morgan fingerprint density at radius 3 is 2.12 bits per heavy atom. The Bertz CT molecular complexity index is 1260. The van der Waals surface area contributed by atoms with Crippen LogP contribution in [0, 0.1) is 0 Å². The van der Waals surface area contributed by atoms with Gasteiger partial charge in [0.25, 0.3) is 0 Å². The number of H-pyrrole nitrogens is 1. The fourth-order valence-electron chi connectivity index (χ4n) is 4.34. The lowest BCUT2D eigenvalue weighted by Gasteiger charge is -2.20. The number of thioether (sulfide) groups is 1. The molecule has 3 rings (SSSR count). The lowest BCUT2D eigenvalue weighted by Crippen LogP contribution is -2.48. The number of hydrogen-bond donors (Lipinski definition) is 5. The van der Waals surface area contributed by atoms with Gasteiger partial charge in [-0.15, -0.1) is 0 Å². The lowest BCUT2D eigenvalue weighted by molar-refractivity contribution is -0.129. The summed E-state index contributed by atoms with van der Waals surface area (Å²) in [6, 6.07) is 14.8. The van der Waals surface area contributed by atoms with Gasteiger partial charge in [0.1, 0.15) is 17.5 Å². The summed E-state index contributed by atoms with van der Waals surface area (Å²) in [6.45, 7) is 4.02. The number of benzene rings is 2. The first-order valence-electron chi connectivity index (χ1n) is 14.3. The number of hydrogen-bond acceptors (Lipinski definition) is 7. The zero-order valence-electron chi connectivity index (χ0n) is 25.1. The van der Waals surface area contributed by atoms with Crippen molar-refractivity contribution in [1.29, 1.82) is 0 Å². The molecule has 0 bridgehead atoms. The van der Waals surface area contributed by atoms with E-state index in [1.165, 1.54) is 11.8 Å². The Morgan fingerprint density at radius 2 is 1.53 bits per heavy atom. The Balaban J connectivity index is 1.60. The number of methoxy groups -OCH3 is 2. The third-order valence-electron chi connectivity index (χ3n) is 6.49. The highest BCUT2D eigenvalue weighted by molar-refractivity contribution is 7.99. The van der Waals surface area contributed by atoms with E-state index in [0.29, 0.717) is 38.0 Å². The number of rotatable bonds is 17. The van der Waals surface area contributed by atoms with Gasteiger partial charge in [-0.1, -0.05) is 11.8 Å². The quantitative estimate of drug-likeness (QED) is 0.105. The van der Waals surface area contributed by atoms with Gasteiger partial charge in [-0.2, -0.15) is 0 Å². The number of unbranched alkanes of at least 4 members (excludes halogenated alkanes) is 1. The number of aromatic amines is 1. The summed E-state index contributed by atoms with van der Waals surface area (Å²) in [5.74, 6) is 1.73. The number of ether oxygens (including phenoxy) is 2. The Labute approximate surface area is 256 Å². The standard InChI is InChI=1S/C31H41N5O6S/c1-20(2)33-29(38)25(8-5-6-18-32-31(39)40)34-26(37)9-7-19-43-30-35-27(21-10-14-23(41-3)15-11-21)28(36-30)22-12-16-24(42-4)17-13-22/h10-17,20,25,32H,5-9,18-19H2,1-4H3,(H,33,38)(H,34,37)(H,35,36)(H,39,40)/t25-/m0/s1. The molecule has 5 N–H and O–H groups in total. The summed E-state index contributed by atoms with van der Waals surface area (Å²) in [7, 11) is 3.26. The molecule has 0 unspecified atom stereocenters. The van der Waals surface area contributed by atoms with Gasteiger partial charge >= 0.3 is 6.09 Å². The van der Waals surface area contributed by atoms with Crippen LogP contribution in [0.2, 0.25) is 0 Å². The molecular formula is C31H41N5O6S. The summed E-state index contributed by atoms with van der Waals surface area (Å²) in [5.41, 5.74) is 3.60. The SMILES string of the molecule is COc1ccc(-c2nc(SCCCC(=O)N[C@@H](CCCCNC(=O)O)C(=O)NC(C)C)[nH]c2-c2ccc(OC)cc2)cc1. The van der Waals surface area contributed by atoms with Crippen LogP contribution in [-0.2, 0) is 9.59 Å². The molecule has 1 aromatic heterocycles. The van der Waals surface area contributed by atoms with Crippen molar-refractivity contribution in [3.8, 4) is 34.0 Å². The molecule has 232 valence electrons. The lowest BCUT2D eigenvalue weighted by atomic mass is 10.0. The number of amides is 3. The first kappa shape index (κ1) is 33.3. The molecule has 0 saturated heterocycles. The van der Waals surface area contributed by atoms with Crippen molar-refractivity contribution in [2.45, 2.75) is 63.2 Å². The van der Waals surface area contributed by atoms with Crippen LogP contribution >= 0.6 is 11.8 Å². The van der Waals surface area contributed by atoms with Crippen LogP contribution in [0.1, 0.15) is 46.0 Å². The van der Waals surface area contributed by atoms with Crippen molar-refractivity contribution in [3.05, 3.63) is 48.5 Å². The number of aromatic nitrogens is 2. The van der Waals surface area contributed by atoms with Crippen LogP contribution < -0.4 is 25.4 Å². The summed E-state index contributed by atoms with van der Waals surface area (Å²) >= 11 is 1.53. The molecule has 3 aromatic rings. The van der Waals surface area contributed by atoms with E-state index in [2.05, 4.69) is 20.9 Å². The van der Waals surface area contributed by atoms with Crippen LogP contribution in [0.3, 0.4) is 0 Å². The van der Waals surface area contributed by atoms with Crippen LogP contribution in [0.4, 0.5) is 4.79 Å². The molecule has 0 saturated carbocycles. The van der Waals surface area contributed by atoms with E-state index < -0.39 is 12.1 Å². The summed E-state index contributed by atoms with van der Waals surface area (Å²) in [5, 5.41) is 17.5. The summed E-state index contributed by atoms with van der Waals surface area (Å²) in [4.78, 5) is 44.3. The maximum atomic E-state index is 12.7. The molecule has 0 aliphatic heterocycles. The van der Waals surface area contributed by atoms with Crippen molar-refractivity contribution in [3.63, 3.8) is 0 Å². The second-order valence-corrected chi connectivity index (χ2v) is 11.3. The topological polar surface area (TPSA) is 155 Å². The summed E-state index contributed by atoms with van der Waals surface area (Å²) < 4.78 is 10.6. The Hall–Kier alpha value is -4.19. The highest BCUT2D eigenvalue weighted by atomic mass is 32.2. The molecule has 0 aliphatic rings. The van der Waals surface area contributed by atoms with Gasteiger partial charge in [0, 0.05) is 35.9 Å². The average Bonchev–Trinajstić information content (AvgIpc) is 3.42. The summed E-state index contributed by atoms with van der Waals surface area (Å²) in [6.07, 6.45) is 1.37. The van der Waals surface area contributed by atoms with Gasteiger partial charge in [0.05, 0.1) is 25.6 Å². The van der Waals surface area contributed by atoms with Gasteiger partial charge in [-0.25, -0.2) is 9.78 Å². The number of nitrogens with one attached hydrogen (secondary N) is 4. The fourth-order valence-corrected chi connectivity index (χ4v) is 5.15. The highest BCUT2D eigenvalue weighted by Gasteiger charge is 2.21. The molecule has 2 aromatic carbocycles. The normalized spacial score (nSPS) is 11.6. The van der Waals surface area contributed by atoms with E-state index >= 15 is 0 Å². The second kappa shape index (κ2) is 17.1. The fraction of sp³-hybridized carbons (Fsp3) is 0.419. The van der Waals surface area contributed by atoms with Gasteiger partial charge in [0.15, 0.2) is 5.16 Å². The molecule has 1 heterocycles. The smallest absolute Gasteiger partial charge is 0.404 e. The molecule has 11 nitrogen and oxygen atoms in total. The molecule has 12 heteroatoms. The zero-order chi connectivity index (χ0) is 31.2. The number of carbonyl (C=O) groups excluding carboxylic acids is 2. The minimum absolute atomic E-state index is 0.0594. The predicted octanol–water partition coefficient (Wildman–Crippen LogP) is 5.08. The first-order valence-corrected chi connectivity index (χ1v) is 15.3. The van der Waals surface area contributed by atoms with E-state index in [4.69, 9.17) is 19.6 Å². The predicted molar refractivity (Wildman–Crippen MR) is 168 cm³/mol. The van der Waals surface area contributed by atoms with Gasteiger partial charge in [-0.05, 0) is 88.1 Å². The molecule has 1 atom stereocenters. The van der Waals surface area contributed by atoms with Gasteiger partial charge < -0.3 is 35.5 Å². The molecule has 3 amide bonds. The van der Waals surface area contributed by atoms with E-state index in [9.17, 15) is 14.4 Å². The maximum absolute atomic E-state index is 12.7. The van der Waals surface area contributed by atoms with E-state index in [1.54, 1.807) is 14.2 Å². The Kier molecular flexibility index (Phi) is 13.2. The zero-order valence-corrected chi connectivity index (χ0v) is 25.9. The monoisotopic (exact) mass is 611 g/mol. The third kappa shape index (κ3) is 10.9. The van der Waals surface area contributed by atoms with Crippen molar-refractivity contribution < 1.29 is 29.0 Å². The van der Waals surface area contributed by atoms with Gasteiger partial charge in [-0.3, -0.25) is 9.59 Å². The van der Waals surface area contributed by atoms with E-state index in [1.807, 2.05) is 62.4 Å². The molecular weight excluding hydrogens is 570 g/mol. The Morgan fingerprint density at radius 1 is 0.907 bits per heavy atom. The molecule has 43 heavy (non-hydrogen) atoms. The average molecular weight is 612 g/mol. The first-order chi connectivity index (χ1) is 20.7. The van der Waals surface area contributed by atoms with Crippen molar-refractivity contribution in [2.24, 2.45) is 0 Å². The number of nitrogens with zero attached hydrogens (tertiary/aromatic N) is 1. The van der Waals surface area contributed by atoms with Crippen LogP contribution in [-0.4, -0.2) is 71.6 Å². The molecule has 0 fully saturated rings. The maximum Gasteiger partial charge on any atom is 0.404 e. The highest BCUT2D eigenvalue weighted by Crippen LogP contribution is 2.34. The van der Waals surface area contributed by atoms with Crippen molar-refractivity contribution in [1.82, 2.24) is 25.9 Å². The van der Waals surface area contributed by atoms with Crippen LogP contribution in [0.5, 0.6) is 11.5 Å². The van der Waals surface area contributed by atoms with Crippen molar-refractivity contribution >= 4 is 29.7 Å².